The summed E-state index contributed by atoms with van der Waals surface area (Å²) in [5.41, 5.74) is 0.963. The zero-order valence-corrected chi connectivity index (χ0v) is 12.9. The summed E-state index contributed by atoms with van der Waals surface area (Å²) in [5, 5.41) is 7.56. The number of fused-ring (bicyclic) bond motifs is 1. The van der Waals surface area contributed by atoms with E-state index in [1.165, 1.54) is 28.9 Å². The molecular weight excluding hydrogens is 334 g/mol. The molecule has 0 saturated heterocycles. The van der Waals surface area contributed by atoms with Crippen LogP contribution in [0.4, 0.5) is 23.4 Å². The van der Waals surface area contributed by atoms with Gasteiger partial charge in [0.15, 0.2) is 0 Å². The molecule has 2 heterocycles. The highest BCUT2D eigenvalue weighted by Gasteiger charge is 2.35. The van der Waals surface area contributed by atoms with Crippen molar-refractivity contribution in [1.29, 1.82) is 0 Å². The van der Waals surface area contributed by atoms with Crippen molar-refractivity contribution in [2.24, 2.45) is 0 Å². The van der Waals surface area contributed by atoms with Crippen LogP contribution in [0.3, 0.4) is 0 Å². The molecule has 0 fully saturated rings. The number of hydrogen-bond acceptors (Lipinski definition) is 2. The highest BCUT2D eigenvalue weighted by atomic mass is 19.4. The quantitative estimate of drug-likeness (QED) is 0.683. The van der Waals surface area contributed by atoms with Gasteiger partial charge in [-0.05, 0) is 36.8 Å². The molecule has 1 aromatic heterocycles. The minimum absolute atomic E-state index is 0.0517. The number of nitrogens with zero attached hydrogens (tertiary/aromatic N) is 2. The summed E-state index contributed by atoms with van der Waals surface area (Å²) >= 11 is 0. The van der Waals surface area contributed by atoms with Crippen molar-refractivity contribution < 1.29 is 17.6 Å². The monoisotopic (exact) mass is 347 g/mol. The van der Waals surface area contributed by atoms with Gasteiger partial charge in [-0.15, -0.1) is 0 Å². The number of anilines is 1. The highest BCUT2D eigenvalue weighted by molar-refractivity contribution is 5.75. The van der Waals surface area contributed by atoms with E-state index in [0.29, 0.717) is 30.2 Å². The second kappa shape index (κ2) is 5.61. The Morgan fingerprint density at radius 2 is 1.72 bits per heavy atom. The van der Waals surface area contributed by atoms with Crippen LogP contribution in [0.1, 0.15) is 11.1 Å². The molecule has 0 spiro atoms. The molecule has 3 nitrogen and oxygen atoms in total. The Morgan fingerprint density at radius 3 is 2.44 bits per heavy atom. The molecule has 1 N–H and O–H groups in total. The number of rotatable bonds is 2. The third-order valence-electron chi connectivity index (χ3n) is 4.21. The fourth-order valence-electron chi connectivity index (χ4n) is 3.10. The van der Waals surface area contributed by atoms with E-state index >= 15 is 0 Å². The van der Waals surface area contributed by atoms with Crippen molar-refractivity contribution in [2.45, 2.75) is 12.6 Å². The van der Waals surface area contributed by atoms with Crippen LogP contribution in [0.2, 0.25) is 0 Å². The van der Waals surface area contributed by atoms with Gasteiger partial charge in [-0.1, -0.05) is 18.2 Å². The van der Waals surface area contributed by atoms with Crippen LogP contribution in [-0.2, 0) is 12.6 Å². The van der Waals surface area contributed by atoms with E-state index in [9.17, 15) is 17.6 Å². The van der Waals surface area contributed by atoms with Crippen LogP contribution in [-0.4, -0.2) is 16.3 Å². The molecule has 4 rings (SSSR count). The summed E-state index contributed by atoms with van der Waals surface area (Å²) in [6.45, 7) is 0.621. The molecule has 0 saturated carbocycles. The fourth-order valence-corrected chi connectivity index (χ4v) is 3.10. The molecule has 0 unspecified atom stereocenters. The number of hydrogen-bond donors (Lipinski definition) is 1. The Kier molecular flexibility index (Phi) is 3.52. The molecule has 7 heteroatoms. The summed E-state index contributed by atoms with van der Waals surface area (Å²) < 4.78 is 54.8. The van der Waals surface area contributed by atoms with Crippen molar-refractivity contribution in [3.8, 4) is 16.9 Å². The highest BCUT2D eigenvalue weighted by Crippen LogP contribution is 2.41. The van der Waals surface area contributed by atoms with Gasteiger partial charge in [0.1, 0.15) is 11.6 Å². The van der Waals surface area contributed by atoms with Gasteiger partial charge in [0.2, 0.25) is 0 Å². The van der Waals surface area contributed by atoms with Crippen LogP contribution in [0, 0.1) is 5.82 Å². The van der Waals surface area contributed by atoms with Crippen LogP contribution in [0.5, 0.6) is 0 Å². The molecule has 0 atom stereocenters. The number of benzene rings is 2. The number of aromatic nitrogens is 2. The minimum Gasteiger partial charge on any atom is -0.369 e. The van der Waals surface area contributed by atoms with Gasteiger partial charge in [-0.25, -0.2) is 9.07 Å². The summed E-state index contributed by atoms with van der Waals surface area (Å²) in [4.78, 5) is 0. The van der Waals surface area contributed by atoms with E-state index in [1.54, 1.807) is 18.2 Å². The van der Waals surface area contributed by atoms with E-state index in [0.717, 1.165) is 11.6 Å². The van der Waals surface area contributed by atoms with Crippen LogP contribution in [0.15, 0.2) is 48.5 Å². The van der Waals surface area contributed by atoms with E-state index in [4.69, 9.17) is 0 Å². The average Bonchev–Trinajstić information content (AvgIpc) is 3.17. The number of halogens is 4. The maximum absolute atomic E-state index is 13.4. The van der Waals surface area contributed by atoms with Crippen molar-refractivity contribution >= 4 is 5.82 Å². The summed E-state index contributed by atoms with van der Waals surface area (Å²) in [5.74, 6) is 0.265. The molecule has 0 aliphatic carbocycles. The normalized spacial score (nSPS) is 13.6. The predicted octanol–water partition coefficient (Wildman–Crippen LogP) is 4.67. The van der Waals surface area contributed by atoms with Gasteiger partial charge in [0.05, 0.1) is 16.9 Å². The smallest absolute Gasteiger partial charge is 0.369 e. The summed E-state index contributed by atoms with van der Waals surface area (Å²) in [7, 11) is 0. The Labute approximate surface area is 140 Å². The van der Waals surface area contributed by atoms with Gasteiger partial charge in [-0.3, -0.25) is 0 Å². The lowest BCUT2D eigenvalue weighted by atomic mass is 10.0. The molecule has 1 aliphatic heterocycles. The second-order valence-corrected chi connectivity index (χ2v) is 5.78. The zero-order valence-electron chi connectivity index (χ0n) is 12.9. The molecule has 128 valence electrons. The Bertz CT molecular complexity index is 926. The van der Waals surface area contributed by atoms with Crippen LogP contribution >= 0.6 is 0 Å². The first-order valence-electron chi connectivity index (χ1n) is 7.73. The largest absolute Gasteiger partial charge is 0.417 e. The Hall–Kier alpha value is -2.83. The van der Waals surface area contributed by atoms with E-state index in [1.807, 2.05) is 0 Å². The molecule has 1 aliphatic rings. The van der Waals surface area contributed by atoms with Gasteiger partial charge < -0.3 is 5.32 Å². The van der Waals surface area contributed by atoms with Crippen molar-refractivity contribution in [3.05, 3.63) is 65.5 Å². The topological polar surface area (TPSA) is 29.9 Å². The summed E-state index contributed by atoms with van der Waals surface area (Å²) in [6, 6.07) is 11.1. The second-order valence-electron chi connectivity index (χ2n) is 5.78. The Balaban J connectivity index is 1.91. The van der Waals surface area contributed by atoms with E-state index in [-0.39, 0.29) is 11.4 Å². The third kappa shape index (κ3) is 2.65. The molecule has 25 heavy (non-hydrogen) atoms. The average molecular weight is 347 g/mol. The first-order valence-corrected chi connectivity index (χ1v) is 7.73. The SMILES string of the molecule is Fc1ccc(-n2nc(-c3ccccc3C(F)(F)F)c3c2NCC3)cc1. The number of alkyl halides is 3. The Morgan fingerprint density at radius 1 is 1.00 bits per heavy atom. The molecule has 0 amide bonds. The standard InChI is InChI=1S/C18H13F4N3/c19-11-5-7-12(8-6-11)25-17-14(9-10-23-17)16(24-25)13-3-1-2-4-15(13)18(20,21)22/h1-8,23H,9-10H2. The predicted molar refractivity (Wildman–Crippen MR) is 86.2 cm³/mol. The lowest BCUT2D eigenvalue weighted by molar-refractivity contribution is -0.137. The van der Waals surface area contributed by atoms with Gasteiger partial charge in [-0.2, -0.15) is 18.3 Å². The lowest BCUT2D eigenvalue weighted by Crippen LogP contribution is -2.08. The molecule has 3 aromatic rings. The van der Waals surface area contributed by atoms with Crippen molar-refractivity contribution in [3.63, 3.8) is 0 Å². The first kappa shape index (κ1) is 15.7. The van der Waals surface area contributed by atoms with Gasteiger partial charge in [0, 0.05) is 17.7 Å². The maximum atomic E-state index is 13.4. The van der Waals surface area contributed by atoms with Crippen molar-refractivity contribution in [2.75, 3.05) is 11.9 Å². The van der Waals surface area contributed by atoms with Crippen LogP contribution < -0.4 is 5.32 Å². The third-order valence-corrected chi connectivity index (χ3v) is 4.21. The first-order chi connectivity index (χ1) is 11.9. The summed E-state index contributed by atoms with van der Waals surface area (Å²) in [6.07, 6.45) is -3.88. The lowest BCUT2D eigenvalue weighted by Gasteiger charge is -2.11. The minimum atomic E-state index is -4.46. The molecular formula is C18H13F4N3. The zero-order chi connectivity index (χ0) is 17.6. The molecule has 2 aromatic carbocycles. The fraction of sp³-hybridized carbons (Fsp3) is 0.167. The van der Waals surface area contributed by atoms with Crippen molar-refractivity contribution in [1.82, 2.24) is 9.78 Å². The molecule has 0 bridgehead atoms. The van der Waals surface area contributed by atoms with Crippen LogP contribution in [0.25, 0.3) is 16.9 Å². The maximum Gasteiger partial charge on any atom is 0.417 e. The van der Waals surface area contributed by atoms with Gasteiger partial charge in [0.25, 0.3) is 0 Å². The van der Waals surface area contributed by atoms with E-state index < -0.39 is 11.7 Å². The molecule has 0 radical (unpaired) electrons. The number of nitrogens with one attached hydrogen (secondary N) is 1. The van der Waals surface area contributed by atoms with Gasteiger partial charge >= 0.3 is 6.18 Å². The van der Waals surface area contributed by atoms with E-state index in [2.05, 4.69) is 10.4 Å².